The highest BCUT2D eigenvalue weighted by Gasteiger charge is 2.04. The lowest BCUT2D eigenvalue weighted by Gasteiger charge is -2.00. The Morgan fingerprint density at radius 2 is 2.13 bits per heavy atom. The van der Waals surface area contributed by atoms with E-state index in [1.807, 2.05) is 17.8 Å². The van der Waals surface area contributed by atoms with Crippen molar-refractivity contribution in [2.24, 2.45) is 0 Å². The van der Waals surface area contributed by atoms with Crippen LogP contribution in [0, 0.1) is 5.82 Å². The summed E-state index contributed by atoms with van der Waals surface area (Å²) in [6.07, 6.45) is 0. The molecule has 2 aromatic rings. The Labute approximate surface area is 97.5 Å². The molecular weight excluding hydrogens is 227 g/mol. The lowest BCUT2D eigenvalue weighted by atomic mass is 10.2. The number of thioether (sulfide) groups is 1. The normalized spacial score (nSPS) is 11.5. The van der Waals surface area contributed by atoms with Crippen molar-refractivity contribution in [3.05, 3.63) is 35.0 Å². The summed E-state index contributed by atoms with van der Waals surface area (Å²) in [6.45, 7) is 4.38. The Morgan fingerprint density at radius 3 is 2.87 bits per heavy atom. The van der Waals surface area contributed by atoms with Crippen LogP contribution in [0.25, 0.3) is 10.1 Å². The van der Waals surface area contributed by atoms with Crippen molar-refractivity contribution < 1.29 is 4.39 Å². The highest BCUT2D eigenvalue weighted by atomic mass is 32.2. The SMILES string of the molecule is CC(C)SCc1cc2cc(F)ccc2s1. The fourth-order valence-corrected chi connectivity index (χ4v) is 3.25. The molecule has 3 heteroatoms. The van der Waals surface area contributed by atoms with Crippen molar-refractivity contribution in [1.82, 2.24) is 0 Å². The monoisotopic (exact) mass is 240 g/mol. The molecule has 0 saturated heterocycles. The van der Waals surface area contributed by atoms with E-state index in [-0.39, 0.29) is 5.82 Å². The molecule has 0 fully saturated rings. The zero-order valence-electron chi connectivity index (χ0n) is 8.79. The third-order valence-electron chi connectivity index (χ3n) is 2.09. The first-order valence-electron chi connectivity index (χ1n) is 4.95. The van der Waals surface area contributed by atoms with Crippen LogP contribution >= 0.6 is 23.1 Å². The number of hydrogen-bond acceptors (Lipinski definition) is 2. The largest absolute Gasteiger partial charge is 0.207 e. The summed E-state index contributed by atoms with van der Waals surface area (Å²) in [5, 5.41) is 1.67. The van der Waals surface area contributed by atoms with E-state index in [2.05, 4.69) is 19.9 Å². The summed E-state index contributed by atoms with van der Waals surface area (Å²) in [5.41, 5.74) is 0. The van der Waals surface area contributed by atoms with E-state index in [0.29, 0.717) is 5.25 Å². The lowest BCUT2D eigenvalue weighted by molar-refractivity contribution is 0.630. The molecule has 1 heterocycles. The average Bonchev–Trinajstić information content (AvgIpc) is 2.56. The van der Waals surface area contributed by atoms with E-state index in [0.717, 1.165) is 11.1 Å². The first-order valence-corrected chi connectivity index (χ1v) is 6.81. The van der Waals surface area contributed by atoms with Gasteiger partial charge in [-0.05, 0) is 34.9 Å². The molecule has 2 rings (SSSR count). The molecule has 0 bridgehead atoms. The second-order valence-electron chi connectivity index (χ2n) is 3.75. The van der Waals surface area contributed by atoms with Crippen molar-refractivity contribution in [3.63, 3.8) is 0 Å². The van der Waals surface area contributed by atoms with Crippen LogP contribution in [-0.4, -0.2) is 5.25 Å². The van der Waals surface area contributed by atoms with Gasteiger partial charge in [-0.1, -0.05) is 13.8 Å². The number of rotatable bonds is 3. The molecule has 0 aliphatic rings. The lowest BCUT2D eigenvalue weighted by Crippen LogP contribution is -1.85. The molecule has 0 nitrogen and oxygen atoms in total. The first-order chi connectivity index (χ1) is 7.15. The minimum Gasteiger partial charge on any atom is -0.207 e. The molecule has 0 unspecified atom stereocenters. The molecule has 0 spiro atoms. The molecule has 0 amide bonds. The van der Waals surface area contributed by atoms with Crippen molar-refractivity contribution in [2.45, 2.75) is 24.9 Å². The Balaban J connectivity index is 2.23. The molecule has 80 valence electrons. The second kappa shape index (κ2) is 4.54. The maximum atomic E-state index is 13.0. The van der Waals surface area contributed by atoms with Crippen LogP contribution in [0.2, 0.25) is 0 Å². The van der Waals surface area contributed by atoms with E-state index >= 15 is 0 Å². The van der Waals surface area contributed by atoms with E-state index in [4.69, 9.17) is 0 Å². The summed E-state index contributed by atoms with van der Waals surface area (Å²) < 4.78 is 14.1. The number of hydrogen-bond donors (Lipinski definition) is 0. The average molecular weight is 240 g/mol. The van der Waals surface area contributed by atoms with Gasteiger partial charge in [-0.2, -0.15) is 11.8 Å². The summed E-state index contributed by atoms with van der Waals surface area (Å²) in [6, 6.07) is 7.09. The molecule has 15 heavy (non-hydrogen) atoms. The van der Waals surface area contributed by atoms with Gasteiger partial charge in [-0.15, -0.1) is 11.3 Å². The minimum atomic E-state index is -0.150. The maximum absolute atomic E-state index is 13.0. The topological polar surface area (TPSA) is 0 Å². The van der Waals surface area contributed by atoms with E-state index < -0.39 is 0 Å². The van der Waals surface area contributed by atoms with E-state index in [1.54, 1.807) is 17.4 Å². The van der Waals surface area contributed by atoms with Crippen molar-refractivity contribution in [1.29, 1.82) is 0 Å². The van der Waals surface area contributed by atoms with Crippen molar-refractivity contribution >= 4 is 33.2 Å². The van der Waals surface area contributed by atoms with Gasteiger partial charge in [-0.3, -0.25) is 0 Å². The van der Waals surface area contributed by atoms with Gasteiger partial charge in [-0.25, -0.2) is 4.39 Å². The van der Waals surface area contributed by atoms with Gasteiger partial charge in [0.2, 0.25) is 0 Å². The van der Waals surface area contributed by atoms with E-state index in [9.17, 15) is 4.39 Å². The maximum Gasteiger partial charge on any atom is 0.123 e. The van der Waals surface area contributed by atoms with Crippen LogP contribution in [0.15, 0.2) is 24.3 Å². The molecular formula is C12H13FS2. The van der Waals surface area contributed by atoms with E-state index in [1.165, 1.54) is 15.6 Å². The molecule has 0 N–H and O–H groups in total. The van der Waals surface area contributed by atoms with Gasteiger partial charge < -0.3 is 0 Å². The number of benzene rings is 1. The molecule has 0 aliphatic carbocycles. The Kier molecular flexibility index (Phi) is 3.32. The molecule has 1 aromatic heterocycles. The van der Waals surface area contributed by atoms with Crippen LogP contribution in [0.3, 0.4) is 0 Å². The molecule has 0 saturated carbocycles. The summed E-state index contributed by atoms with van der Waals surface area (Å²) in [5.74, 6) is 0.877. The van der Waals surface area contributed by atoms with Gasteiger partial charge in [0.05, 0.1) is 0 Å². The molecule has 0 atom stereocenters. The number of fused-ring (bicyclic) bond motifs is 1. The summed E-state index contributed by atoms with van der Waals surface area (Å²) in [4.78, 5) is 1.33. The fourth-order valence-electron chi connectivity index (χ4n) is 1.39. The Morgan fingerprint density at radius 1 is 1.33 bits per heavy atom. The molecule has 1 aromatic carbocycles. The first kappa shape index (κ1) is 11.0. The number of halogens is 1. The third kappa shape index (κ3) is 2.73. The van der Waals surface area contributed by atoms with Crippen LogP contribution in [0.5, 0.6) is 0 Å². The predicted octanol–water partition coefficient (Wildman–Crippen LogP) is 4.68. The van der Waals surface area contributed by atoms with Crippen molar-refractivity contribution in [3.8, 4) is 0 Å². The number of thiophene rings is 1. The summed E-state index contributed by atoms with van der Waals surface area (Å²) in [7, 11) is 0. The molecule has 0 aliphatic heterocycles. The molecule has 0 radical (unpaired) electrons. The Bertz CT molecular complexity index is 460. The van der Waals surface area contributed by atoms with Gasteiger partial charge in [0, 0.05) is 15.3 Å². The van der Waals surface area contributed by atoms with Crippen LogP contribution in [0.4, 0.5) is 4.39 Å². The smallest absolute Gasteiger partial charge is 0.123 e. The van der Waals surface area contributed by atoms with Gasteiger partial charge in [0.25, 0.3) is 0 Å². The second-order valence-corrected chi connectivity index (χ2v) is 6.49. The van der Waals surface area contributed by atoms with Crippen LogP contribution < -0.4 is 0 Å². The fraction of sp³-hybridized carbons (Fsp3) is 0.333. The quantitative estimate of drug-likeness (QED) is 0.750. The summed E-state index contributed by atoms with van der Waals surface area (Å²) >= 11 is 3.68. The third-order valence-corrected chi connectivity index (χ3v) is 4.53. The highest BCUT2D eigenvalue weighted by molar-refractivity contribution is 7.99. The van der Waals surface area contributed by atoms with Gasteiger partial charge >= 0.3 is 0 Å². The zero-order valence-corrected chi connectivity index (χ0v) is 10.4. The predicted molar refractivity (Wildman–Crippen MR) is 68.2 cm³/mol. The van der Waals surface area contributed by atoms with Gasteiger partial charge in [0.15, 0.2) is 0 Å². The van der Waals surface area contributed by atoms with Gasteiger partial charge in [0.1, 0.15) is 5.82 Å². The standard InChI is InChI=1S/C12H13FS2/c1-8(2)14-7-11-6-9-5-10(13)3-4-12(9)15-11/h3-6,8H,7H2,1-2H3. The van der Waals surface area contributed by atoms with Crippen LogP contribution in [-0.2, 0) is 5.75 Å². The highest BCUT2D eigenvalue weighted by Crippen LogP contribution is 2.29. The minimum absolute atomic E-state index is 0.150. The Hall–Kier alpha value is -0.540. The zero-order chi connectivity index (χ0) is 10.8. The van der Waals surface area contributed by atoms with Crippen molar-refractivity contribution in [2.75, 3.05) is 0 Å². The van der Waals surface area contributed by atoms with Crippen LogP contribution in [0.1, 0.15) is 18.7 Å².